The molecular formula is C22H20N2O2. The summed E-state index contributed by atoms with van der Waals surface area (Å²) < 4.78 is 1.82. The Morgan fingerprint density at radius 3 is 2.65 bits per heavy atom. The van der Waals surface area contributed by atoms with Gasteiger partial charge in [-0.2, -0.15) is 0 Å². The van der Waals surface area contributed by atoms with Crippen molar-refractivity contribution >= 4 is 22.4 Å². The van der Waals surface area contributed by atoms with Gasteiger partial charge in [0.05, 0.1) is 11.6 Å². The summed E-state index contributed by atoms with van der Waals surface area (Å²) in [5.41, 5.74) is 1.23. The van der Waals surface area contributed by atoms with Gasteiger partial charge >= 0.3 is 0 Å². The molecule has 0 amide bonds. The topological polar surface area (TPSA) is 51.1 Å². The average Bonchev–Trinajstić information content (AvgIpc) is 3.08. The second kappa shape index (κ2) is 5.84. The number of aromatic nitrogens is 1. The predicted octanol–water partition coefficient (Wildman–Crippen LogP) is 4.14. The molecule has 1 fully saturated rings. The molecule has 2 aromatic carbocycles. The third-order valence-corrected chi connectivity index (χ3v) is 5.77. The zero-order valence-corrected chi connectivity index (χ0v) is 14.4. The predicted molar refractivity (Wildman–Crippen MR) is 103 cm³/mol. The molecule has 130 valence electrons. The smallest absolute Gasteiger partial charge is 0.252 e. The number of rotatable bonds is 2. The van der Waals surface area contributed by atoms with Crippen molar-refractivity contribution in [2.45, 2.75) is 37.8 Å². The zero-order valence-electron chi connectivity index (χ0n) is 14.4. The lowest BCUT2D eigenvalue weighted by atomic mass is 9.91. The maximum absolute atomic E-state index is 13.2. The molecule has 2 aliphatic rings. The molecule has 2 atom stereocenters. The fraction of sp³-hybridized carbons (Fsp3) is 0.273. The molecular weight excluding hydrogens is 324 g/mol. The van der Waals surface area contributed by atoms with Crippen LogP contribution in [0.25, 0.3) is 10.8 Å². The Morgan fingerprint density at radius 2 is 1.77 bits per heavy atom. The van der Waals surface area contributed by atoms with Gasteiger partial charge in [0.25, 0.3) is 5.56 Å². The van der Waals surface area contributed by atoms with Gasteiger partial charge in [0.2, 0.25) is 0 Å². The second-order valence-corrected chi connectivity index (χ2v) is 7.30. The van der Waals surface area contributed by atoms with Crippen LogP contribution in [0.3, 0.4) is 0 Å². The number of fused-ring (bicyclic) bond motifs is 4. The standard InChI is InChI=1S/C22H20N2O2/c25-20-12-11-17(22-23-18-7-3-4-8-19(18)24(20)22)21(26)16-10-9-14-5-1-2-6-15(14)13-16/h1-2,5-6,9-13,18-19,23H,3-4,7-8H2/t18-,19+/m1/s1. The molecule has 3 aromatic rings. The van der Waals surface area contributed by atoms with Crippen LogP contribution in [0.15, 0.2) is 59.4 Å². The minimum atomic E-state index is -0.0364. The van der Waals surface area contributed by atoms with Gasteiger partial charge in [-0.25, -0.2) is 0 Å². The summed E-state index contributed by atoms with van der Waals surface area (Å²) in [4.78, 5) is 25.7. The Morgan fingerprint density at radius 1 is 0.962 bits per heavy atom. The van der Waals surface area contributed by atoms with E-state index in [1.165, 1.54) is 12.5 Å². The van der Waals surface area contributed by atoms with Crippen LogP contribution in [-0.2, 0) is 0 Å². The monoisotopic (exact) mass is 344 g/mol. The molecule has 5 rings (SSSR count). The molecule has 4 heteroatoms. The lowest BCUT2D eigenvalue weighted by Gasteiger charge is -2.25. The highest BCUT2D eigenvalue weighted by Crippen LogP contribution is 2.38. The normalized spacial score (nSPS) is 21.1. The summed E-state index contributed by atoms with van der Waals surface area (Å²) in [6, 6.07) is 17.5. The third-order valence-electron chi connectivity index (χ3n) is 5.77. The Hall–Kier alpha value is -2.88. The molecule has 0 radical (unpaired) electrons. The molecule has 0 unspecified atom stereocenters. The first-order chi connectivity index (χ1) is 12.7. The number of anilines is 1. The van der Waals surface area contributed by atoms with E-state index in [0.29, 0.717) is 16.9 Å². The highest BCUT2D eigenvalue weighted by Gasteiger charge is 2.36. The number of carbonyl (C=O) groups is 1. The summed E-state index contributed by atoms with van der Waals surface area (Å²) in [6.07, 6.45) is 4.36. The molecule has 2 heterocycles. The van der Waals surface area contributed by atoms with Crippen molar-refractivity contribution in [1.29, 1.82) is 0 Å². The molecule has 1 saturated carbocycles. The summed E-state index contributed by atoms with van der Waals surface area (Å²) in [7, 11) is 0. The fourth-order valence-corrected chi connectivity index (χ4v) is 4.46. The van der Waals surface area contributed by atoms with E-state index in [1.807, 2.05) is 47.0 Å². The average molecular weight is 344 g/mol. The Balaban J connectivity index is 1.61. The quantitative estimate of drug-likeness (QED) is 0.711. The number of hydrogen-bond donors (Lipinski definition) is 1. The molecule has 0 spiro atoms. The molecule has 0 bridgehead atoms. The van der Waals surface area contributed by atoms with Gasteiger partial charge < -0.3 is 5.32 Å². The van der Waals surface area contributed by atoms with E-state index in [-0.39, 0.29) is 23.4 Å². The number of carbonyl (C=O) groups excluding carboxylic acids is 1. The lowest BCUT2D eigenvalue weighted by Crippen LogP contribution is -2.29. The van der Waals surface area contributed by atoms with Crippen molar-refractivity contribution in [3.63, 3.8) is 0 Å². The summed E-state index contributed by atoms with van der Waals surface area (Å²) in [5.74, 6) is 0.665. The van der Waals surface area contributed by atoms with Crippen molar-refractivity contribution in [1.82, 2.24) is 4.57 Å². The van der Waals surface area contributed by atoms with E-state index in [9.17, 15) is 9.59 Å². The van der Waals surface area contributed by atoms with E-state index in [1.54, 1.807) is 6.07 Å². The highest BCUT2D eigenvalue weighted by molar-refractivity contribution is 6.13. The first-order valence-electron chi connectivity index (χ1n) is 9.28. The van der Waals surface area contributed by atoms with Gasteiger partial charge in [-0.3, -0.25) is 14.2 Å². The second-order valence-electron chi connectivity index (χ2n) is 7.30. The van der Waals surface area contributed by atoms with Crippen LogP contribution in [0.2, 0.25) is 0 Å². The molecule has 26 heavy (non-hydrogen) atoms. The van der Waals surface area contributed by atoms with Crippen molar-refractivity contribution in [3.05, 3.63) is 76.1 Å². The van der Waals surface area contributed by atoms with Gasteiger partial charge in [0, 0.05) is 17.7 Å². The number of nitrogens with zero attached hydrogens (tertiary/aromatic N) is 1. The molecule has 1 aliphatic carbocycles. The van der Waals surface area contributed by atoms with Crippen molar-refractivity contribution < 1.29 is 4.79 Å². The fourth-order valence-electron chi connectivity index (χ4n) is 4.46. The van der Waals surface area contributed by atoms with Crippen molar-refractivity contribution in [2.24, 2.45) is 0 Å². The van der Waals surface area contributed by atoms with E-state index < -0.39 is 0 Å². The number of benzene rings is 2. The van der Waals surface area contributed by atoms with Crippen molar-refractivity contribution in [2.75, 3.05) is 5.32 Å². The van der Waals surface area contributed by atoms with E-state index in [4.69, 9.17) is 0 Å². The van der Waals surface area contributed by atoms with Gasteiger partial charge in [0.15, 0.2) is 5.78 Å². The number of ketones is 1. The van der Waals surface area contributed by atoms with Crippen LogP contribution in [0.4, 0.5) is 5.82 Å². The summed E-state index contributed by atoms with van der Waals surface area (Å²) >= 11 is 0. The van der Waals surface area contributed by atoms with E-state index >= 15 is 0 Å². The van der Waals surface area contributed by atoms with E-state index in [0.717, 1.165) is 30.0 Å². The first-order valence-corrected chi connectivity index (χ1v) is 9.28. The first kappa shape index (κ1) is 15.4. The summed E-state index contributed by atoms with van der Waals surface area (Å²) in [6.45, 7) is 0. The highest BCUT2D eigenvalue weighted by atomic mass is 16.1. The Kier molecular flexibility index (Phi) is 3.45. The Labute approximate surface area is 151 Å². The van der Waals surface area contributed by atoms with Gasteiger partial charge in [0.1, 0.15) is 5.82 Å². The lowest BCUT2D eigenvalue weighted by molar-refractivity contribution is 0.103. The summed E-state index contributed by atoms with van der Waals surface area (Å²) in [5, 5.41) is 5.64. The van der Waals surface area contributed by atoms with Crippen LogP contribution in [0, 0.1) is 0 Å². The van der Waals surface area contributed by atoms with Crippen LogP contribution < -0.4 is 10.9 Å². The molecule has 4 nitrogen and oxygen atoms in total. The van der Waals surface area contributed by atoms with Crippen LogP contribution in [0.5, 0.6) is 0 Å². The maximum atomic E-state index is 13.2. The minimum absolute atomic E-state index is 0.0167. The van der Waals surface area contributed by atoms with Crippen LogP contribution >= 0.6 is 0 Å². The van der Waals surface area contributed by atoms with Gasteiger partial charge in [-0.15, -0.1) is 0 Å². The van der Waals surface area contributed by atoms with Crippen molar-refractivity contribution in [3.8, 4) is 0 Å². The number of nitrogens with one attached hydrogen (secondary N) is 1. The number of hydrogen-bond acceptors (Lipinski definition) is 3. The van der Waals surface area contributed by atoms with Gasteiger partial charge in [-0.1, -0.05) is 49.2 Å². The number of pyridine rings is 1. The van der Waals surface area contributed by atoms with Crippen LogP contribution in [0.1, 0.15) is 47.6 Å². The molecule has 1 N–H and O–H groups in total. The minimum Gasteiger partial charge on any atom is -0.366 e. The largest absolute Gasteiger partial charge is 0.366 e. The molecule has 0 saturated heterocycles. The SMILES string of the molecule is O=C(c1ccc2ccccc2c1)c1ccc(=O)n2c1N[C@@H]1CCCC[C@@H]12. The molecule has 1 aliphatic heterocycles. The van der Waals surface area contributed by atoms with E-state index in [2.05, 4.69) is 5.32 Å². The maximum Gasteiger partial charge on any atom is 0.252 e. The third kappa shape index (κ3) is 2.29. The Bertz CT molecular complexity index is 1080. The zero-order chi connectivity index (χ0) is 17.7. The van der Waals surface area contributed by atoms with Crippen LogP contribution in [-0.4, -0.2) is 16.4 Å². The van der Waals surface area contributed by atoms with Gasteiger partial charge in [-0.05, 0) is 35.7 Å². The molecule has 1 aromatic heterocycles.